The standard InChI is InChI=1S/C16H13Cl2N3S/c1-21-16(19-10-11-2-6-13(17)7-3-11)22-15(20-21)12-4-8-14(18)9-5-12/h2-9H,10H2,1H3/b19-16-. The summed E-state index contributed by atoms with van der Waals surface area (Å²) in [5.74, 6) is 0. The van der Waals surface area contributed by atoms with Gasteiger partial charge in [0.2, 0.25) is 4.80 Å². The zero-order valence-corrected chi connectivity index (χ0v) is 14.2. The van der Waals surface area contributed by atoms with Crippen molar-refractivity contribution in [2.75, 3.05) is 0 Å². The van der Waals surface area contributed by atoms with Crippen LogP contribution < -0.4 is 4.80 Å². The van der Waals surface area contributed by atoms with E-state index in [1.807, 2.05) is 55.6 Å². The fourth-order valence-corrected chi connectivity index (χ4v) is 3.09. The molecule has 0 aliphatic rings. The summed E-state index contributed by atoms with van der Waals surface area (Å²) in [5, 5.41) is 6.89. The second kappa shape index (κ2) is 6.65. The molecule has 0 saturated heterocycles. The molecular formula is C16H13Cl2N3S. The second-order valence-corrected chi connectivity index (χ2v) is 6.59. The first-order valence-electron chi connectivity index (χ1n) is 6.67. The Morgan fingerprint density at radius 1 is 1.00 bits per heavy atom. The maximum absolute atomic E-state index is 5.91. The quantitative estimate of drug-likeness (QED) is 0.681. The van der Waals surface area contributed by atoms with Crippen LogP contribution in [0.4, 0.5) is 0 Å². The van der Waals surface area contributed by atoms with Crippen LogP contribution in [-0.4, -0.2) is 9.78 Å². The first-order valence-corrected chi connectivity index (χ1v) is 8.24. The smallest absolute Gasteiger partial charge is 0.203 e. The summed E-state index contributed by atoms with van der Waals surface area (Å²) in [7, 11) is 1.90. The summed E-state index contributed by atoms with van der Waals surface area (Å²) < 4.78 is 1.80. The maximum atomic E-state index is 5.91. The monoisotopic (exact) mass is 349 g/mol. The molecule has 112 valence electrons. The molecule has 0 radical (unpaired) electrons. The van der Waals surface area contributed by atoms with E-state index in [9.17, 15) is 0 Å². The van der Waals surface area contributed by atoms with Crippen molar-refractivity contribution in [1.82, 2.24) is 9.78 Å². The minimum Gasteiger partial charge on any atom is -0.253 e. The minimum atomic E-state index is 0.604. The average molecular weight is 350 g/mol. The molecular weight excluding hydrogens is 337 g/mol. The molecule has 3 rings (SSSR count). The Bertz CT molecular complexity index is 833. The van der Waals surface area contributed by atoms with E-state index in [-0.39, 0.29) is 0 Å². The second-order valence-electron chi connectivity index (χ2n) is 4.76. The van der Waals surface area contributed by atoms with E-state index >= 15 is 0 Å². The topological polar surface area (TPSA) is 30.2 Å². The van der Waals surface area contributed by atoms with Crippen molar-refractivity contribution in [2.24, 2.45) is 12.0 Å². The van der Waals surface area contributed by atoms with Crippen LogP contribution in [0.15, 0.2) is 53.5 Å². The van der Waals surface area contributed by atoms with Gasteiger partial charge in [0.05, 0.1) is 6.54 Å². The summed E-state index contributed by atoms with van der Waals surface area (Å²) in [5.41, 5.74) is 2.16. The van der Waals surface area contributed by atoms with Gasteiger partial charge in [0.15, 0.2) is 0 Å². The molecule has 2 aromatic carbocycles. The molecule has 0 spiro atoms. The van der Waals surface area contributed by atoms with Gasteiger partial charge >= 0.3 is 0 Å². The van der Waals surface area contributed by atoms with Crippen LogP contribution in [0.25, 0.3) is 10.6 Å². The number of hydrogen-bond acceptors (Lipinski definition) is 3. The molecule has 3 aromatic rings. The van der Waals surface area contributed by atoms with Crippen LogP contribution in [0, 0.1) is 0 Å². The largest absolute Gasteiger partial charge is 0.253 e. The number of aryl methyl sites for hydroxylation is 1. The zero-order chi connectivity index (χ0) is 15.5. The van der Waals surface area contributed by atoms with Gasteiger partial charge in [-0.15, -0.1) is 0 Å². The summed E-state index contributed by atoms with van der Waals surface area (Å²) >= 11 is 13.4. The van der Waals surface area contributed by atoms with E-state index in [0.29, 0.717) is 6.54 Å². The number of nitrogens with zero attached hydrogens (tertiary/aromatic N) is 3. The molecule has 1 aromatic heterocycles. The fourth-order valence-electron chi connectivity index (χ4n) is 1.94. The van der Waals surface area contributed by atoms with Crippen molar-refractivity contribution < 1.29 is 0 Å². The minimum absolute atomic E-state index is 0.604. The molecule has 0 bridgehead atoms. The Morgan fingerprint density at radius 3 is 2.23 bits per heavy atom. The van der Waals surface area contributed by atoms with Crippen molar-refractivity contribution in [3.63, 3.8) is 0 Å². The average Bonchev–Trinajstić information content (AvgIpc) is 2.88. The highest BCUT2D eigenvalue weighted by Crippen LogP contribution is 2.21. The molecule has 0 unspecified atom stereocenters. The van der Waals surface area contributed by atoms with Gasteiger partial charge in [0.1, 0.15) is 5.01 Å². The van der Waals surface area contributed by atoms with Crippen molar-refractivity contribution >= 4 is 34.5 Å². The first-order chi connectivity index (χ1) is 10.6. The number of rotatable bonds is 3. The lowest BCUT2D eigenvalue weighted by molar-refractivity contribution is 0.719. The molecule has 0 aliphatic heterocycles. The Labute approximate surface area is 142 Å². The Kier molecular flexibility index (Phi) is 4.62. The normalized spacial score (nSPS) is 11.9. The number of hydrogen-bond donors (Lipinski definition) is 0. The molecule has 0 amide bonds. The Balaban J connectivity index is 1.87. The van der Waals surface area contributed by atoms with Crippen molar-refractivity contribution in [3.8, 4) is 10.6 Å². The summed E-state index contributed by atoms with van der Waals surface area (Å²) in [6, 6.07) is 15.4. The van der Waals surface area contributed by atoms with E-state index in [2.05, 4.69) is 10.1 Å². The highest BCUT2D eigenvalue weighted by atomic mass is 35.5. The zero-order valence-electron chi connectivity index (χ0n) is 11.8. The lowest BCUT2D eigenvalue weighted by Crippen LogP contribution is -2.11. The van der Waals surface area contributed by atoms with Gasteiger partial charge in [0.25, 0.3) is 0 Å². The Hall–Kier alpha value is -1.62. The third-order valence-corrected chi connectivity index (χ3v) is 4.70. The molecule has 0 saturated carbocycles. The van der Waals surface area contributed by atoms with E-state index in [4.69, 9.17) is 23.2 Å². The van der Waals surface area contributed by atoms with Gasteiger partial charge in [-0.05, 0) is 29.8 Å². The van der Waals surface area contributed by atoms with Crippen LogP contribution in [0.1, 0.15) is 5.56 Å². The third kappa shape index (κ3) is 3.58. The molecule has 22 heavy (non-hydrogen) atoms. The molecule has 0 aliphatic carbocycles. The maximum Gasteiger partial charge on any atom is 0.203 e. The van der Waals surface area contributed by atoms with Crippen molar-refractivity contribution in [1.29, 1.82) is 0 Å². The van der Waals surface area contributed by atoms with Crippen molar-refractivity contribution in [3.05, 3.63) is 68.9 Å². The van der Waals surface area contributed by atoms with Gasteiger partial charge in [-0.2, -0.15) is 5.10 Å². The lowest BCUT2D eigenvalue weighted by Gasteiger charge is -1.95. The predicted octanol–water partition coefficient (Wildman–Crippen LogP) is 4.56. The molecule has 6 heteroatoms. The number of halogens is 2. The van der Waals surface area contributed by atoms with Crippen LogP contribution >= 0.6 is 34.5 Å². The van der Waals surface area contributed by atoms with E-state index in [1.54, 1.807) is 16.0 Å². The molecule has 0 atom stereocenters. The molecule has 3 nitrogen and oxygen atoms in total. The summed E-state index contributed by atoms with van der Waals surface area (Å²) in [6.45, 7) is 0.604. The number of benzene rings is 2. The van der Waals surface area contributed by atoms with Crippen molar-refractivity contribution in [2.45, 2.75) is 6.54 Å². The van der Waals surface area contributed by atoms with Crippen LogP contribution in [-0.2, 0) is 13.6 Å². The van der Waals surface area contributed by atoms with Gasteiger partial charge in [-0.25, -0.2) is 4.68 Å². The summed E-state index contributed by atoms with van der Waals surface area (Å²) in [6.07, 6.45) is 0. The summed E-state index contributed by atoms with van der Waals surface area (Å²) in [4.78, 5) is 5.49. The first kappa shape index (κ1) is 15.3. The van der Waals surface area contributed by atoms with Crippen LogP contribution in [0.2, 0.25) is 10.0 Å². The molecule has 1 heterocycles. The van der Waals surface area contributed by atoms with Gasteiger partial charge in [-0.3, -0.25) is 4.99 Å². The van der Waals surface area contributed by atoms with Gasteiger partial charge in [0, 0.05) is 22.7 Å². The van der Waals surface area contributed by atoms with E-state index in [0.717, 1.165) is 31.0 Å². The van der Waals surface area contributed by atoms with E-state index < -0.39 is 0 Å². The van der Waals surface area contributed by atoms with E-state index in [1.165, 1.54) is 0 Å². The number of aromatic nitrogens is 2. The highest BCUT2D eigenvalue weighted by Gasteiger charge is 2.05. The van der Waals surface area contributed by atoms with Crippen LogP contribution in [0.5, 0.6) is 0 Å². The van der Waals surface area contributed by atoms with Gasteiger partial charge in [-0.1, -0.05) is 58.8 Å². The third-order valence-electron chi connectivity index (χ3n) is 3.11. The Morgan fingerprint density at radius 2 is 1.59 bits per heavy atom. The van der Waals surface area contributed by atoms with Gasteiger partial charge < -0.3 is 0 Å². The fraction of sp³-hybridized carbons (Fsp3) is 0.125. The van der Waals surface area contributed by atoms with Crippen LogP contribution in [0.3, 0.4) is 0 Å². The molecule has 0 N–H and O–H groups in total. The lowest BCUT2D eigenvalue weighted by atomic mass is 10.2. The SMILES string of the molecule is Cn1nc(-c2ccc(Cl)cc2)s/c1=N\Cc1ccc(Cl)cc1. The highest BCUT2D eigenvalue weighted by molar-refractivity contribution is 7.12. The molecule has 0 fully saturated rings. The predicted molar refractivity (Wildman–Crippen MR) is 92.3 cm³/mol.